The van der Waals surface area contributed by atoms with Gasteiger partial charge in [0.15, 0.2) is 0 Å². The SMILES string of the molecule is CN(C=O)c1ccccc1[O]. The maximum absolute atomic E-state index is 11.0. The van der Waals surface area contributed by atoms with Crippen molar-refractivity contribution in [1.29, 1.82) is 0 Å². The lowest BCUT2D eigenvalue weighted by Gasteiger charge is -2.09. The topological polar surface area (TPSA) is 40.2 Å². The van der Waals surface area contributed by atoms with Crippen LogP contribution in [0.15, 0.2) is 24.3 Å². The Balaban J connectivity index is 3.02. The van der Waals surface area contributed by atoms with E-state index in [0.29, 0.717) is 12.1 Å². The highest BCUT2D eigenvalue weighted by Gasteiger charge is 2.04. The number of amides is 1. The van der Waals surface area contributed by atoms with Gasteiger partial charge in [0, 0.05) is 7.05 Å². The molecular formula is C8H8NO2. The van der Waals surface area contributed by atoms with Crippen molar-refractivity contribution >= 4 is 12.1 Å². The Morgan fingerprint density at radius 1 is 1.36 bits per heavy atom. The molecule has 11 heavy (non-hydrogen) atoms. The van der Waals surface area contributed by atoms with Gasteiger partial charge in [0.1, 0.15) is 0 Å². The molecule has 0 spiro atoms. The van der Waals surface area contributed by atoms with E-state index in [4.69, 9.17) is 0 Å². The van der Waals surface area contributed by atoms with Crippen LogP contribution in [0.3, 0.4) is 0 Å². The Morgan fingerprint density at radius 3 is 2.55 bits per heavy atom. The highest BCUT2D eigenvalue weighted by atomic mass is 16.3. The number of nitrogens with zero attached hydrogens (tertiary/aromatic N) is 1. The van der Waals surface area contributed by atoms with Gasteiger partial charge in [-0.2, -0.15) is 0 Å². The maximum atomic E-state index is 11.0. The van der Waals surface area contributed by atoms with Crippen LogP contribution < -0.4 is 4.90 Å². The molecule has 0 saturated heterocycles. The summed E-state index contributed by atoms with van der Waals surface area (Å²) in [7, 11) is 1.55. The van der Waals surface area contributed by atoms with Crippen molar-refractivity contribution < 1.29 is 9.90 Å². The minimum Gasteiger partial charge on any atom is -0.315 e. The molecule has 0 aliphatic heterocycles. The van der Waals surface area contributed by atoms with Crippen molar-refractivity contribution in [1.82, 2.24) is 0 Å². The van der Waals surface area contributed by atoms with Crippen LogP contribution in [0.25, 0.3) is 0 Å². The molecule has 0 unspecified atom stereocenters. The van der Waals surface area contributed by atoms with Gasteiger partial charge in [-0.1, -0.05) is 12.1 Å². The van der Waals surface area contributed by atoms with Crippen molar-refractivity contribution in [3.8, 4) is 5.75 Å². The summed E-state index contributed by atoms with van der Waals surface area (Å²) in [5.41, 5.74) is 0.405. The van der Waals surface area contributed by atoms with Crippen LogP contribution in [0.4, 0.5) is 5.69 Å². The van der Waals surface area contributed by atoms with E-state index < -0.39 is 0 Å². The quantitative estimate of drug-likeness (QED) is 0.588. The summed E-state index contributed by atoms with van der Waals surface area (Å²) in [6, 6.07) is 6.40. The standard InChI is InChI=1S/C8H8NO2/c1-9(6-10)7-4-2-3-5-8(7)11/h2-6H,1H3. The molecule has 0 saturated carbocycles. The molecule has 0 aliphatic rings. The van der Waals surface area contributed by atoms with E-state index >= 15 is 0 Å². The van der Waals surface area contributed by atoms with Gasteiger partial charge < -0.3 is 4.90 Å². The van der Waals surface area contributed by atoms with E-state index in [1.165, 1.54) is 11.0 Å². The number of carbonyl (C=O) groups excluding carboxylic acids is 1. The summed E-state index contributed by atoms with van der Waals surface area (Å²) in [4.78, 5) is 11.5. The summed E-state index contributed by atoms with van der Waals surface area (Å²) in [5.74, 6) is -0.137. The third-order valence-electron chi connectivity index (χ3n) is 1.40. The second kappa shape index (κ2) is 3.05. The normalized spacial score (nSPS) is 9.18. The molecule has 3 nitrogen and oxygen atoms in total. The van der Waals surface area contributed by atoms with Gasteiger partial charge in [0.2, 0.25) is 12.2 Å². The van der Waals surface area contributed by atoms with Gasteiger partial charge in [0.05, 0.1) is 5.69 Å². The zero-order valence-corrected chi connectivity index (χ0v) is 6.15. The Morgan fingerprint density at radius 2 is 2.00 bits per heavy atom. The van der Waals surface area contributed by atoms with Gasteiger partial charge in [-0.05, 0) is 12.1 Å². The molecule has 1 aromatic rings. The van der Waals surface area contributed by atoms with E-state index in [2.05, 4.69) is 0 Å². The third kappa shape index (κ3) is 1.49. The highest BCUT2D eigenvalue weighted by molar-refractivity contribution is 5.77. The second-order valence-electron chi connectivity index (χ2n) is 2.18. The van der Waals surface area contributed by atoms with Crippen LogP contribution in [0.2, 0.25) is 0 Å². The highest BCUT2D eigenvalue weighted by Crippen LogP contribution is 2.24. The molecule has 0 aliphatic carbocycles. The first kappa shape index (κ1) is 7.60. The first-order chi connectivity index (χ1) is 5.25. The molecule has 3 heteroatoms. The van der Waals surface area contributed by atoms with Gasteiger partial charge in [-0.3, -0.25) is 9.90 Å². The van der Waals surface area contributed by atoms with Crippen LogP contribution in [-0.2, 0) is 9.90 Å². The van der Waals surface area contributed by atoms with E-state index in [-0.39, 0.29) is 5.75 Å². The Kier molecular flexibility index (Phi) is 2.11. The van der Waals surface area contributed by atoms with Crippen LogP contribution in [-0.4, -0.2) is 13.5 Å². The van der Waals surface area contributed by atoms with Crippen molar-refractivity contribution in [2.45, 2.75) is 0 Å². The van der Waals surface area contributed by atoms with Gasteiger partial charge in [-0.15, -0.1) is 0 Å². The summed E-state index contributed by atoms with van der Waals surface area (Å²) in [6.45, 7) is 0. The van der Waals surface area contributed by atoms with Crippen LogP contribution in [0, 0.1) is 0 Å². The summed E-state index contributed by atoms with van der Waals surface area (Å²) < 4.78 is 0. The van der Waals surface area contributed by atoms with Gasteiger partial charge in [0.25, 0.3) is 0 Å². The minimum atomic E-state index is -0.137. The summed E-state index contributed by atoms with van der Waals surface area (Å²) in [6.07, 6.45) is 0.608. The fourth-order valence-electron chi connectivity index (χ4n) is 0.805. The van der Waals surface area contributed by atoms with E-state index in [9.17, 15) is 9.90 Å². The number of anilines is 1. The second-order valence-corrected chi connectivity index (χ2v) is 2.18. The fraction of sp³-hybridized carbons (Fsp3) is 0.125. The van der Waals surface area contributed by atoms with Crippen LogP contribution in [0.5, 0.6) is 5.75 Å². The maximum Gasteiger partial charge on any atom is 0.213 e. The summed E-state index contributed by atoms with van der Waals surface area (Å²) in [5, 5.41) is 11.0. The molecule has 57 valence electrons. The van der Waals surface area contributed by atoms with Gasteiger partial charge in [-0.25, -0.2) is 0 Å². The zero-order chi connectivity index (χ0) is 8.27. The lowest BCUT2D eigenvalue weighted by atomic mass is 10.3. The monoisotopic (exact) mass is 150 g/mol. The van der Waals surface area contributed by atoms with Crippen molar-refractivity contribution in [3.63, 3.8) is 0 Å². The number of para-hydroxylation sites is 2. The Bertz CT molecular complexity index is 260. The van der Waals surface area contributed by atoms with E-state index in [1.54, 1.807) is 25.2 Å². The first-order valence-electron chi connectivity index (χ1n) is 3.20. The van der Waals surface area contributed by atoms with Crippen molar-refractivity contribution in [2.75, 3.05) is 11.9 Å². The molecule has 1 rings (SSSR count). The molecule has 0 bridgehead atoms. The molecule has 1 amide bonds. The smallest absolute Gasteiger partial charge is 0.213 e. The summed E-state index contributed by atoms with van der Waals surface area (Å²) >= 11 is 0. The number of benzene rings is 1. The molecule has 0 atom stereocenters. The Labute approximate surface area is 64.9 Å². The molecule has 0 heterocycles. The fourth-order valence-corrected chi connectivity index (χ4v) is 0.805. The van der Waals surface area contributed by atoms with Crippen molar-refractivity contribution in [2.24, 2.45) is 0 Å². The average molecular weight is 150 g/mol. The number of hydrogen-bond donors (Lipinski definition) is 0. The predicted molar refractivity (Wildman–Crippen MR) is 41.0 cm³/mol. The number of carbonyl (C=O) groups is 1. The first-order valence-corrected chi connectivity index (χ1v) is 3.20. The van der Waals surface area contributed by atoms with E-state index in [0.717, 1.165) is 0 Å². The molecule has 1 aromatic carbocycles. The third-order valence-corrected chi connectivity index (χ3v) is 1.40. The van der Waals surface area contributed by atoms with E-state index in [1.807, 2.05) is 0 Å². The predicted octanol–water partition coefficient (Wildman–Crippen LogP) is 1.42. The lowest BCUT2D eigenvalue weighted by Crippen LogP contribution is -2.13. The van der Waals surface area contributed by atoms with Crippen LogP contribution in [0.1, 0.15) is 0 Å². The largest absolute Gasteiger partial charge is 0.315 e. The molecule has 0 N–H and O–H groups in total. The molecule has 1 radical (unpaired) electrons. The number of hydrogen-bond acceptors (Lipinski definition) is 1. The lowest BCUT2D eigenvalue weighted by molar-refractivity contribution is -0.107. The number of rotatable bonds is 2. The molecule has 0 aromatic heterocycles. The Hall–Kier alpha value is -1.51. The minimum absolute atomic E-state index is 0.137. The average Bonchev–Trinajstić information content (AvgIpc) is 2.04. The zero-order valence-electron chi connectivity index (χ0n) is 6.15. The van der Waals surface area contributed by atoms with Crippen molar-refractivity contribution in [3.05, 3.63) is 24.3 Å². The molecule has 0 fully saturated rings. The van der Waals surface area contributed by atoms with Gasteiger partial charge >= 0.3 is 0 Å². The molecular weight excluding hydrogens is 142 g/mol. The van der Waals surface area contributed by atoms with Crippen LogP contribution >= 0.6 is 0 Å².